The summed E-state index contributed by atoms with van der Waals surface area (Å²) in [6.45, 7) is 0. The molecule has 1 heterocycles. The van der Waals surface area contributed by atoms with Crippen molar-refractivity contribution in [3.63, 3.8) is 0 Å². The maximum atomic E-state index is 5.88. The van der Waals surface area contributed by atoms with Gasteiger partial charge in [-0.3, -0.25) is 0 Å². The molecule has 2 fully saturated rings. The summed E-state index contributed by atoms with van der Waals surface area (Å²) in [4.78, 5) is 0. The standard InChI is InChI=1S/C15H19N5O/c1-21-13-8-11(6-7-12(13)16)15-17-18-19-20(15)14(9-2-3-9)10-4-5-10/h6-10,14H,2-5,16H2,1H3. The number of hydrogen-bond acceptors (Lipinski definition) is 5. The molecule has 1 aromatic carbocycles. The van der Waals surface area contributed by atoms with Crippen LogP contribution in [-0.4, -0.2) is 27.3 Å². The molecule has 2 aromatic rings. The number of nitrogens with two attached hydrogens (primary N) is 1. The van der Waals surface area contributed by atoms with Crippen molar-refractivity contribution < 1.29 is 4.74 Å². The van der Waals surface area contributed by atoms with Crippen molar-refractivity contribution in [1.82, 2.24) is 20.2 Å². The molecular formula is C15H19N5O. The van der Waals surface area contributed by atoms with E-state index in [0.29, 0.717) is 17.5 Å². The van der Waals surface area contributed by atoms with E-state index in [1.54, 1.807) is 7.11 Å². The van der Waals surface area contributed by atoms with Crippen LogP contribution < -0.4 is 10.5 Å². The van der Waals surface area contributed by atoms with Gasteiger partial charge in [-0.2, -0.15) is 0 Å². The van der Waals surface area contributed by atoms with E-state index in [1.165, 1.54) is 25.7 Å². The van der Waals surface area contributed by atoms with E-state index >= 15 is 0 Å². The third-order valence-corrected chi connectivity index (χ3v) is 4.48. The van der Waals surface area contributed by atoms with E-state index in [1.807, 2.05) is 22.9 Å². The highest BCUT2D eigenvalue weighted by molar-refractivity contribution is 5.65. The minimum atomic E-state index is 0.457. The quantitative estimate of drug-likeness (QED) is 0.853. The van der Waals surface area contributed by atoms with Gasteiger partial charge in [0, 0.05) is 5.56 Å². The lowest BCUT2D eigenvalue weighted by molar-refractivity contribution is 0.356. The molecule has 6 nitrogen and oxygen atoms in total. The van der Waals surface area contributed by atoms with Crippen molar-refractivity contribution in [3.8, 4) is 17.1 Å². The summed E-state index contributed by atoms with van der Waals surface area (Å²) in [6, 6.07) is 6.17. The van der Waals surface area contributed by atoms with Gasteiger partial charge in [0.05, 0.1) is 18.8 Å². The third-order valence-electron chi connectivity index (χ3n) is 4.48. The van der Waals surface area contributed by atoms with Crippen molar-refractivity contribution in [1.29, 1.82) is 0 Å². The van der Waals surface area contributed by atoms with Crippen LogP contribution >= 0.6 is 0 Å². The Hall–Kier alpha value is -2.11. The molecule has 0 aliphatic heterocycles. The highest BCUT2D eigenvalue weighted by Gasteiger charge is 2.44. The number of hydrogen-bond donors (Lipinski definition) is 1. The molecule has 0 bridgehead atoms. The third kappa shape index (κ3) is 2.24. The number of tetrazole rings is 1. The fourth-order valence-corrected chi connectivity index (χ4v) is 3.09. The number of anilines is 1. The number of ether oxygens (including phenoxy) is 1. The summed E-state index contributed by atoms with van der Waals surface area (Å²) in [5.74, 6) is 2.97. The van der Waals surface area contributed by atoms with Crippen LogP contribution in [-0.2, 0) is 0 Å². The predicted octanol–water partition coefficient (Wildman–Crippen LogP) is 2.29. The Morgan fingerprint density at radius 2 is 1.95 bits per heavy atom. The Bertz CT molecular complexity index is 648. The first-order valence-electron chi connectivity index (χ1n) is 7.49. The Morgan fingerprint density at radius 3 is 2.57 bits per heavy atom. The van der Waals surface area contributed by atoms with Crippen molar-refractivity contribution >= 4 is 5.69 Å². The first kappa shape index (κ1) is 12.6. The zero-order chi connectivity index (χ0) is 14.4. The van der Waals surface area contributed by atoms with Crippen molar-refractivity contribution in [2.45, 2.75) is 31.7 Å². The predicted molar refractivity (Wildman–Crippen MR) is 78.7 cm³/mol. The smallest absolute Gasteiger partial charge is 0.182 e. The Kier molecular flexibility index (Phi) is 2.83. The van der Waals surface area contributed by atoms with Gasteiger partial charge in [0.2, 0.25) is 0 Å². The maximum Gasteiger partial charge on any atom is 0.182 e. The molecule has 0 amide bonds. The topological polar surface area (TPSA) is 78.9 Å². The molecule has 110 valence electrons. The van der Waals surface area contributed by atoms with Crippen LogP contribution in [0.5, 0.6) is 5.75 Å². The van der Waals surface area contributed by atoms with Gasteiger partial charge >= 0.3 is 0 Å². The Balaban J connectivity index is 1.74. The summed E-state index contributed by atoms with van der Waals surface area (Å²) in [5.41, 5.74) is 7.47. The van der Waals surface area contributed by atoms with Crippen LogP contribution in [0.1, 0.15) is 31.7 Å². The minimum Gasteiger partial charge on any atom is -0.495 e. The summed E-state index contributed by atoms with van der Waals surface area (Å²) < 4.78 is 7.33. The van der Waals surface area contributed by atoms with E-state index in [9.17, 15) is 0 Å². The van der Waals surface area contributed by atoms with Crippen LogP contribution in [0.3, 0.4) is 0 Å². The molecule has 2 aliphatic rings. The molecule has 21 heavy (non-hydrogen) atoms. The van der Waals surface area contributed by atoms with Gasteiger partial charge in [0.25, 0.3) is 0 Å². The van der Waals surface area contributed by atoms with E-state index in [-0.39, 0.29) is 0 Å². The Morgan fingerprint density at radius 1 is 1.24 bits per heavy atom. The van der Waals surface area contributed by atoms with E-state index < -0.39 is 0 Å². The minimum absolute atomic E-state index is 0.457. The number of rotatable bonds is 5. The van der Waals surface area contributed by atoms with Crippen LogP contribution in [0.2, 0.25) is 0 Å². The molecule has 1 aromatic heterocycles. The summed E-state index contributed by atoms with van der Waals surface area (Å²) in [6.07, 6.45) is 5.19. The largest absolute Gasteiger partial charge is 0.495 e. The molecular weight excluding hydrogens is 266 g/mol. The second-order valence-electron chi connectivity index (χ2n) is 6.07. The average Bonchev–Trinajstić information content (AvgIpc) is 3.41. The van der Waals surface area contributed by atoms with Gasteiger partial charge < -0.3 is 10.5 Å². The van der Waals surface area contributed by atoms with Crippen LogP contribution in [0.25, 0.3) is 11.4 Å². The van der Waals surface area contributed by atoms with E-state index in [2.05, 4.69) is 15.5 Å². The number of methoxy groups -OCH3 is 1. The highest BCUT2D eigenvalue weighted by atomic mass is 16.5. The normalized spacial score (nSPS) is 18.2. The molecule has 0 radical (unpaired) electrons. The molecule has 0 unspecified atom stereocenters. The molecule has 0 saturated heterocycles. The maximum absolute atomic E-state index is 5.88. The van der Waals surface area contributed by atoms with E-state index in [0.717, 1.165) is 23.2 Å². The van der Waals surface area contributed by atoms with Gasteiger partial charge in [-0.1, -0.05) is 0 Å². The van der Waals surface area contributed by atoms with Crippen molar-refractivity contribution in [2.75, 3.05) is 12.8 Å². The first-order valence-corrected chi connectivity index (χ1v) is 7.49. The molecule has 0 spiro atoms. The summed E-state index contributed by atoms with van der Waals surface area (Å²) >= 11 is 0. The number of benzene rings is 1. The van der Waals surface area contributed by atoms with Crippen molar-refractivity contribution in [3.05, 3.63) is 18.2 Å². The molecule has 4 rings (SSSR count). The molecule has 2 saturated carbocycles. The number of aromatic nitrogens is 4. The number of nitrogen functional groups attached to an aromatic ring is 1. The Labute approximate surface area is 123 Å². The highest BCUT2D eigenvalue weighted by Crippen LogP contribution is 2.52. The summed E-state index contributed by atoms with van der Waals surface area (Å²) in [7, 11) is 1.62. The zero-order valence-electron chi connectivity index (χ0n) is 12.1. The first-order chi connectivity index (χ1) is 10.3. The second kappa shape index (κ2) is 4.72. The van der Waals surface area contributed by atoms with Gasteiger partial charge in [-0.15, -0.1) is 5.10 Å². The summed E-state index contributed by atoms with van der Waals surface area (Å²) in [5, 5.41) is 12.4. The zero-order valence-corrected chi connectivity index (χ0v) is 12.1. The van der Waals surface area contributed by atoms with Gasteiger partial charge in [0.15, 0.2) is 5.82 Å². The van der Waals surface area contributed by atoms with Crippen LogP contribution in [0.15, 0.2) is 18.2 Å². The van der Waals surface area contributed by atoms with E-state index in [4.69, 9.17) is 10.5 Å². The van der Waals surface area contributed by atoms with Gasteiger partial charge in [-0.25, -0.2) is 4.68 Å². The second-order valence-corrected chi connectivity index (χ2v) is 6.07. The van der Waals surface area contributed by atoms with Gasteiger partial charge in [-0.05, 0) is 66.1 Å². The van der Waals surface area contributed by atoms with Crippen LogP contribution in [0.4, 0.5) is 5.69 Å². The van der Waals surface area contributed by atoms with Gasteiger partial charge in [0.1, 0.15) is 5.75 Å². The molecule has 2 aliphatic carbocycles. The lowest BCUT2D eigenvalue weighted by atomic mass is 10.1. The lowest BCUT2D eigenvalue weighted by Gasteiger charge is -2.17. The molecule has 0 atom stereocenters. The fraction of sp³-hybridized carbons (Fsp3) is 0.533. The van der Waals surface area contributed by atoms with Crippen LogP contribution in [0, 0.1) is 11.8 Å². The van der Waals surface area contributed by atoms with Crippen molar-refractivity contribution in [2.24, 2.45) is 11.8 Å². The molecule has 6 heteroatoms. The average molecular weight is 285 g/mol. The lowest BCUT2D eigenvalue weighted by Crippen LogP contribution is -2.16. The SMILES string of the molecule is COc1cc(-c2nnnn2C(C2CC2)C2CC2)ccc1N. The fourth-order valence-electron chi connectivity index (χ4n) is 3.09. The molecule has 2 N–H and O–H groups in total. The monoisotopic (exact) mass is 285 g/mol. The number of nitrogens with zero attached hydrogens (tertiary/aromatic N) is 4.